The number of nitro groups is 1. The Bertz CT molecular complexity index is 891. The number of nitrogens with one attached hydrogen (secondary N) is 1. The molecular formula is C20H21ClN4O3. The summed E-state index contributed by atoms with van der Waals surface area (Å²) in [6.45, 7) is 3.66. The zero-order valence-electron chi connectivity index (χ0n) is 15.5. The van der Waals surface area contributed by atoms with Gasteiger partial charge >= 0.3 is 0 Å². The van der Waals surface area contributed by atoms with E-state index >= 15 is 0 Å². The Morgan fingerprint density at radius 3 is 2.46 bits per heavy atom. The van der Waals surface area contributed by atoms with E-state index in [2.05, 4.69) is 22.2 Å². The first-order chi connectivity index (χ1) is 13.4. The van der Waals surface area contributed by atoms with E-state index in [9.17, 15) is 14.9 Å². The van der Waals surface area contributed by atoms with Crippen LogP contribution in [0.3, 0.4) is 0 Å². The summed E-state index contributed by atoms with van der Waals surface area (Å²) in [5, 5.41) is 14.1. The predicted molar refractivity (Wildman–Crippen MR) is 112 cm³/mol. The molecule has 2 aromatic rings. The van der Waals surface area contributed by atoms with Gasteiger partial charge in [-0.1, -0.05) is 11.6 Å². The molecule has 28 heavy (non-hydrogen) atoms. The first-order valence-corrected chi connectivity index (χ1v) is 9.27. The molecule has 0 unspecified atom stereocenters. The summed E-state index contributed by atoms with van der Waals surface area (Å²) in [6.07, 6.45) is 3.01. The van der Waals surface area contributed by atoms with Crippen LogP contribution in [0.1, 0.15) is 5.56 Å². The number of piperazine rings is 1. The van der Waals surface area contributed by atoms with Crippen LogP contribution in [0.5, 0.6) is 0 Å². The van der Waals surface area contributed by atoms with Gasteiger partial charge < -0.3 is 15.1 Å². The van der Waals surface area contributed by atoms with Crippen molar-refractivity contribution in [3.05, 3.63) is 69.2 Å². The maximum Gasteiger partial charge on any atom is 0.269 e. The Labute approximate surface area is 168 Å². The second-order valence-electron chi connectivity index (χ2n) is 6.62. The number of hydrogen-bond donors (Lipinski definition) is 1. The molecule has 0 spiro atoms. The summed E-state index contributed by atoms with van der Waals surface area (Å²) < 4.78 is 0. The van der Waals surface area contributed by atoms with Gasteiger partial charge in [0.2, 0.25) is 5.91 Å². The summed E-state index contributed by atoms with van der Waals surface area (Å²) in [5.41, 5.74) is 2.31. The molecular weight excluding hydrogens is 380 g/mol. The van der Waals surface area contributed by atoms with E-state index in [-0.39, 0.29) is 11.6 Å². The highest BCUT2D eigenvalue weighted by atomic mass is 35.5. The van der Waals surface area contributed by atoms with Crippen LogP contribution in [-0.2, 0) is 4.79 Å². The molecule has 8 heteroatoms. The van der Waals surface area contributed by atoms with Crippen molar-refractivity contribution in [3.8, 4) is 0 Å². The second kappa shape index (κ2) is 8.86. The number of carbonyl (C=O) groups excluding carboxylic acids is 1. The normalized spacial score (nSPS) is 15.0. The third kappa shape index (κ3) is 5.09. The molecule has 0 bridgehead atoms. The highest BCUT2D eigenvalue weighted by molar-refractivity contribution is 6.31. The largest absolute Gasteiger partial charge is 0.367 e. The summed E-state index contributed by atoms with van der Waals surface area (Å²) >= 11 is 6.12. The predicted octanol–water partition coefficient (Wildman–Crippen LogP) is 3.65. The van der Waals surface area contributed by atoms with E-state index in [1.165, 1.54) is 18.2 Å². The number of nitro benzene ring substituents is 1. The lowest BCUT2D eigenvalue weighted by molar-refractivity contribution is -0.384. The van der Waals surface area contributed by atoms with Crippen LogP contribution >= 0.6 is 11.6 Å². The van der Waals surface area contributed by atoms with E-state index in [0.717, 1.165) is 31.9 Å². The first-order valence-electron chi connectivity index (χ1n) is 8.89. The van der Waals surface area contributed by atoms with Gasteiger partial charge in [0.25, 0.3) is 5.69 Å². The summed E-state index contributed by atoms with van der Waals surface area (Å²) in [7, 11) is 2.09. The van der Waals surface area contributed by atoms with Crippen LogP contribution in [0.15, 0.2) is 48.5 Å². The third-order valence-corrected chi connectivity index (χ3v) is 4.83. The van der Waals surface area contributed by atoms with Crippen LogP contribution in [0, 0.1) is 10.1 Å². The molecule has 7 nitrogen and oxygen atoms in total. The van der Waals surface area contributed by atoms with E-state index < -0.39 is 4.92 Å². The Kier molecular flexibility index (Phi) is 6.28. The average molecular weight is 401 g/mol. The van der Waals surface area contributed by atoms with Gasteiger partial charge in [-0.2, -0.15) is 0 Å². The number of anilines is 2. The number of halogens is 1. The molecule has 1 N–H and O–H groups in total. The Morgan fingerprint density at radius 2 is 1.82 bits per heavy atom. The maximum absolute atomic E-state index is 12.4. The fourth-order valence-electron chi connectivity index (χ4n) is 2.98. The Morgan fingerprint density at radius 1 is 1.14 bits per heavy atom. The van der Waals surface area contributed by atoms with Crippen molar-refractivity contribution in [2.45, 2.75) is 0 Å². The van der Waals surface area contributed by atoms with E-state index in [4.69, 9.17) is 11.6 Å². The van der Waals surface area contributed by atoms with Gasteiger partial charge in [0, 0.05) is 49.4 Å². The minimum Gasteiger partial charge on any atom is -0.367 e. The average Bonchev–Trinajstić information content (AvgIpc) is 2.68. The smallest absolute Gasteiger partial charge is 0.269 e. The zero-order valence-corrected chi connectivity index (χ0v) is 16.2. The van der Waals surface area contributed by atoms with Gasteiger partial charge in [-0.3, -0.25) is 14.9 Å². The van der Waals surface area contributed by atoms with Gasteiger partial charge in [0.15, 0.2) is 0 Å². The third-order valence-electron chi connectivity index (χ3n) is 4.59. The molecule has 1 amide bonds. The number of non-ortho nitro benzene ring substituents is 1. The fraction of sp³-hybridized carbons (Fsp3) is 0.250. The summed E-state index contributed by atoms with van der Waals surface area (Å²) in [6, 6.07) is 11.5. The van der Waals surface area contributed by atoms with E-state index in [0.29, 0.717) is 16.3 Å². The van der Waals surface area contributed by atoms with E-state index in [1.54, 1.807) is 24.3 Å². The lowest BCUT2D eigenvalue weighted by Crippen LogP contribution is -2.44. The topological polar surface area (TPSA) is 78.7 Å². The zero-order chi connectivity index (χ0) is 20.1. The van der Waals surface area contributed by atoms with Gasteiger partial charge in [-0.15, -0.1) is 0 Å². The van der Waals surface area contributed by atoms with Crippen molar-refractivity contribution in [2.24, 2.45) is 0 Å². The summed E-state index contributed by atoms with van der Waals surface area (Å²) in [4.78, 5) is 27.1. The molecule has 0 radical (unpaired) electrons. The lowest BCUT2D eigenvalue weighted by Gasteiger charge is -2.35. The number of hydrogen-bond acceptors (Lipinski definition) is 5. The van der Waals surface area contributed by atoms with Crippen molar-refractivity contribution in [1.29, 1.82) is 0 Å². The lowest BCUT2D eigenvalue weighted by atomic mass is 10.2. The number of benzene rings is 2. The Hall–Kier alpha value is -2.90. The minimum absolute atomic E-state index is 0.0114. The van der Waals surface area contributed by atoms with Gasteiger partial charge in [0.05, 0.1) is 16.3 Å². The van der Waals surface area contributed by atoms with Gasteiger partial charge in [0.1, 0.15) is 0 Å². The molecule has 0 aromatic heterocycles. The van der Waals surface area contributed by atoms with Gasteiger partial charge in [-0.25, -0.2) is 0 Å². The summed E-state index contributed by atoms with van der Waals surface area (Å²) in [5.74, 6) is -0.295. The first kappa shape index (κ1) is 19.9. The molecule has 2 aromatic carbocycles. The molecule has 1 aliphatic heterocycles. The van der Waals surface area contributed by atoms with Crippen LogP contribution in [-0.4, -0.2) is 49.0 Å². The number of likely N-dealkylation sites (N-methyl/N-ethyl adjacent to an activating group) is 1. The molecule has 1 aliphatic rings. The van der Waals surface area contributed by atoms with E-state index in [1.807, 2.05) is 12.1 Å². The maximum atomic E-state index is 12.4. The van der Waals surface area contributed by atoms with Crippen molar-refractivity contribution in [3.63, 3.8) is 0 Å². The van der Waals surface area contributed by atoms with Gasteiger partial charge in [-0.05, 0) is 49.0 Å². The minimum atomic E-state index is -0.459. The molecule has 3 rings (SSSR count). The monoisotopic (exact) mass is 400 g/mol. The van der Waals surface area contributed by atoms with Crippen LogP contribution in [0.2, 0.25) is 5.02 Å². The number of amides is 1. The van der Waals surface area contributed by atoms with Crippen molar-refractivity contribution < 1.29 is 9.72 Å². The quantitative estimate of drug-likeness (QED) is 0.471. The SMILES string of the molecule is CN1CCN(c2ccc(Cl)cc2NC(=O)/C=C/c2ccc([N+](=O)[O-])cc2)CC1. The van der Waals surface area contributed by atoms with Crippen LogP contribution in [0.4, 0.5) is 17.1 Å². The molecule has 1 heterocycles. The van der Waals surface area contributed by atoms with Crippen LogP contribution in [0.25, 0.3) is 6.08 Å². The number of carbonyl (C=O) groups is 1. The number of rotatable bonds is 5. The van der Waals surface area contributed by atoms with Crippen molar-refractivity contribution in [1.82, 2.24) is 4.90 Å². The standard InChI is InChI=1S/C20H21ClN4O3/c1-23-10-12-24(13-11-23)19-8-5-16(21)14-18(19)22-20(26)9-4-15-2-6-17(7-3-15)25(27)28/h2-9,14H,10-13H2,1H3,(H,22,26)/b9-4+. The molecule has 0 atom stereocenters. The molecule has 0 aliphatic carbocycles. The Balaban J connectivity index is 1.71. The van der Waals surface area contributed by atoms with Crippen molar-refractivity contribution >= 4 is 40.6 Å². The van der Waals surface area contributed by atoms with Crippen LogP contribution < -0.4 is 10.2 Å². The highest BCUT2D eigenvalue weighted by Crippen LogP contribution is 2.30. The number of nitrogens with zero attached hydrogens (tertiary/aromatic N) is 3. The van der Waals surface area contributed by atoms with Crippen molar-refractivity contribution in [2.75, 3.05) is 43.4 Å². The molecule has 0 saturated carbocycles. The highest BCUT2D eigenvalue weighted by Gasteiger charge is 2.18. The molecule has 1 fully saturated rings. The second-order valence-corrected chi connectivity index (χ2v) is 7.06. The molecule has 1 saturated heterocycles. The molecule has 146 valence electrons. The fourth-order valence-corrected chi connectivity index (χ4v) is 3.16.